The van der Waals surface area contributed by atoms with E-state index in [4.69, 9.17) is 5.26 Å². The van der Waals surface area contributed by atoms with Crippen molar-refractivity contribution in [3.63, 3.8) is 0 Å². The first-order valence-corrected chi connectivity index (χ1v) is 10.7. The van der Waals surface area contributed by atoms with Crippen LogP contribution in [0.1, 0.15) is 34.8 Å². The summed E-state index contributed by atoms with van der Waals surface area (Å²) in [7, 11) is 3.66. The summed E-state index contributed by atoms with van der Waals surface area (Å²) in [5.74, 6) is 0. The van der Waals surface area contributed by atoms with Crippen LogP contribution < -0.4 is 10.6 Å². The summed E-state index contributed by atoms with van der Waals surface area (Å²) in [5, 5.41) is 24.6. The molecule has 1 aliphatic rings. The highest BCUT2D eigenvalue weighted by molar-refractivity contribution is 6.09. The van der Waals surface area contributed by atoms with Gasteiger partial charge in [-0.25, -0.2) is 4.68 Å². The van der Waals surface area contributed by atoms with E-state index in [0.717, 1.165) is 52.3 Å². The summed E-state index contributed by atoms with van der Waals surface area (Å²) < 4.78 is 2.00. The van der Waals surface area contributed by atoms with Crippen LogP contribution >= 0.6 is 0 Å². The van der Waals surface area contributed by atoms with Crippen LogP contribution in [0.15, 0.2) is 53.7 Å². The molecule has 0 fully saturated rings. The van der Waals surface area contributed by atoms with E-state index < -0.39 is 0 Å². The molecule has 7 heteroatoms. The maximum absolute atomic E-state index is 9.06. The lowest BCUT2D eigenvalue weighted by atomic mass is 9.92. The standard InChI is InChI=1S/C25H27N7/c1-17-25-22-8-7-19(20(15-27-2)16-28-3)14-23(22)24(10-12-32(25)31-30-17)29-21-6-4-5-18(13-21)9-11-26/h4-8,13-16,24,27,29H,9-10,12H2,1-3H3/b20-15+,28-16-. The minimum atomic E-state index is 0.0813. The molecule has 0 aliphatic carbocycles. The number of allylic oxidation sites excluding steroid dienone is 1. The van der Waals surface area contributed by atoms with E-state index in [1.807, 2.05) is 43.2 Å². The predicted molar refractivity (Wildman–Crippen MR) is 128 cm³/mol. The van der Waals surface area contributed by atoms with E-state index in [0.29, 0.717) is 6.42 Å². The zero-order valence-corrected chi connectivity index (χ0v) is 18.6. The van der Waals surface area contributed by atoms with Crippen molar-refractivity contribution >= 4 is 17.5 Å². The largest absolute Gasteiger partial charge is 0.393 e. The van der Waals surface area contributed by atoms with Gasteiger partial charge in [0.1, 0.15) is 0 Å². The summed E-state index contributed by atoms with van der Waals surface area (Å²) in [5.41, 5.74) is 8.45. The number of aromatic nitrogens is 3. The van der Waals surface area contributed by atoms with E-state index in [-0.39, 0.29) is 6.04 Å². The van der Waals surface area contributed by atoms with Gasteiger partial charge in [0, 0.05) is 49.9 Å². The molecule has 1 aromatic heterocycles. The summed E-state index contributed by atoms with van der Waals surface area (Å²) in [6, 6.07) is 16.9. The lowest BCUT2D eigenvalue weighted by Crippen LogP contribution is -2.13. The normalized spacial score (nSPS) is 15.6. The molecule has 0 saturated carbocycles. The lowest BCUT2D eigenvalue weighted by molar-refractivity contribution is 0.539. The number of fused-ring (bicyclic) bond motifs is 3. The van der Waals surface area contributed by atoms with Crippen molar-refractivity contribution in [2.75, 3.05) is 19.4 Å². The molecular weight excluding hydrogens is 398 g/mol. The van der Waals surface area contributed by atoms with Crippen molar-refractivity contribution in [3.8, 4) is 17.3 Å². The van der Waals surface area contributed by atoms with Gasteiger partial charge in [-0.1, -0.05) is 29.5 Å². The van der Waals surface area contributed by atoms with Crippen molar-refractivity contribution in [2.45, 2.75) is 32.4 Å². The molecule has 2 N–H and O–H groups in total. The average Bonchev–Trinajstić information content (AvgIpc) is 3.09. The fourth-order valence-electron chi connectivity index (χ4n) is 4.25. The maximum atomic E-state index is 9.06. The highest BCUT2D eigenvalue weighted by Crippen LogP contribution is 2.38. The van der Waals surface area contributed by atoms with Gasteiger partial charge in [0.15, 0.2) is 0 Å². The van der Waals surface area contributed by atoms with Crippen LogP contribution in [-0.2, 0) is 13.0 Å². The molecule has 162 valence electrons. The molecule has 2 heterocycles. The second kappa shape index (κ2) is 9.48. The van der Waals surface area contributed by atoms with E-state index in [2.05, 4.69) is 62.3 Å². The monoisotopic (exact) mass is 425 g/mol. The van der Waals surface area contributed by atoms with Crippen LogP contribution in [0.2, 0.25) is 0 Å². The van der Waals surface area contributed by atoms with Gasteiger partial charge < -0.3 is 10.6 Å². The smallest absolute Gasteiger partial charge is 0.0918 e. The Morgan fingerprint density at radius 3 is 2.97 bits per heavy atom. The zero-order valence-electron chi connectivity index (χ0n) is 18.6. The molecule has 4 rings (SSSR count). The van der Waals surface area contributed by atoms with Crippen molar-refractivity contribution in [2.24, 2.45) is 4.99 Å². The molecule has 0 spiro atoms. The third-order valence-electron chi connectivity index (χ3n) is 5.67. The second-order valence-electron chi connectivity index (χ2n) is 7.85. The van der Waals surface area contributed by atoms with Crippen molar-refractivity contribution in [1.29, 1.82) is 5.26 Å². The number of aliphatic imine (C=N–C) groups is 1. The molecule has 2 aromatic carbocycles. The van der Waals surface area contributed by atoms with Gasteiger partial charge in [-0.15, -0.1) is 5.10 Å². The molecule has 0 bridgehead atoms. The average molecular weight is 426 g/mol. The van der Waals surface area contributed by atoms with E-state index in [1.54, 1.807) is 7.05 Å². The quantitative estimate of drug-likeness (QED) is 0.579. The first kappa shape index (κ1) is 21.3. The number of hydrogen-bond donors (Lipinski definition) is 2. The Balaban J connectivity index is 1.81. The number of nitriles is 1. The van der Waals surface area contributed by atoms with Crippen LogP contribution in [-0.4, -0.2) is 35.3 Å². The second-order valence-corrected chi connectivity index (χ2v) is 7.85. The Bertz CT molecular complexity index is 1210. The van der Waals surface area contributed by atoms with Crippen molar-refractivity contribution < 1.29 is 0 Å². The predicted octanol–water partition coefficient (Wildman–Crippen LogP) is 4.14. The van der Waals surface area contributed by atoms with Gasteiger partial charge in [0.05, 0.1) is 29.9 Å². The van der Waals surface area contributed by atoms with Crippen molar-refractivity contribution in [3.05, 3.63) is 71.0 Å². The van der Waals surface area contributed by atoms with Crippen LogP contribution in [0, 0.1) is 18.3 Å². The van der Waals surface area contributed by atoms with Crippen LogP contribution in [0.25, 0.3) is 16.8 Å². The molecule has 0 radical (unpaired) electrons. The summed E-state index contributed by atoms with van der Waals surface area (Å²) >= 11 is 0. The van der Waals surface area contributed by atoms with E-state index in [9.17, 15) is 0 Å². The Labute approximate surface area is 188 Å². The fraction of sp³-hybridized carbons (Fsp3) is 0.280. The molecule has 32 heavy (non-hydrogen) atoms. The Morgan fingerprint density at radius 1 is 1.31 bits per heavy atom. The van der Waals surface area contributed by atoms with Crippen LogP contribution in [0.4, 0.5) is 5.69 Å². The number of anilines is 1. The Hall–Kier alpha value is -3.92. The summed E-state index contributed by atoms with van der Waals surface area (Å²) in [6.07, 6.45) is 5.08. The number of nitrogens with zero attached hydrogens (tertiary/aromatic N) is 5. The van der Waals surface area contributed by atoms with Gasteiger partial charge in [0.2, 0.25) is 0 Å². The Morgan fingerprint density at radius 2 is 2.19 bits per heavy atom. The number of aryl methyl sites for hydroxylation is 2. The zero-order chi connectivity index (χ0) is 22.5. The van der Waals surface area contributed by atoms with Gasteiger partial charge in [0.25, 0.3) is 0 Å². The maximum Gasteiger partial charge on any atom is 0.0918 e. The number of rotatable bonds is 6. The number of nitrogens with one attached hydrogen (secondary N) is 2. The molecule has 0 saturated heterocycles. The summed E-state index contributed by atoms with van der Waals surface area (Å²) in [6.45, 7) is 2.77. The van der Waals surface area contributed by atoms with Gasteiger partial charge in [-0.3, -0.25) is 4.99 Å². The molecule has 1 atom stereocenters. The molecule has 7 nitrogen and oxygen atoms in total. The minimum absolute atomic E-state index is 0.0813. The highest BCUT2D eigenvalue weighted by atomic mass is 15.4. The molecule has 1 aliphatic heterocycles. The SMILES string of the molecule is C/N=C\C(=C/NC)c1ccc2c(c1)C(Nc1cccc(CC#N)c1)CCn1nnc(C)c1-2. The molecule has 3 aromatic rings. The third-order valence-corrected chi connectivity index (χ3v) is 5.67. The van der Waals surface area contributed by atoms with Gasteiger partial charge in [-0.2, -0.15) is 5.26 Å². The lowest BCUT2D eigenvalue weighted by Gasteiger charge is -2.22. The van der Waals surface area contributed by atoms with Crippen molar-refractivity contribution in [1.82, 2.24) is 20.3 Å². The first-order chi connectivity index (χ1) is 15.6. The van der Waals surface area contributed by atoms with E-state index in [1.165, 1.54) is 5.56 Å². The first-order valence-electron chi connectivity index (χ1n) is 10.7. The molecule has 1 unspecified atom stereocenters. The third kappa shape index (κ3) is 4.26. The van der Waals surface area contributed by atoms with E-state index >= 15 is 0 Å². The van der Waals surface area contributed by atoms with Gasteiger partial charge in [-0.05, 0) is 48.2 Å². The highest BCUT2D eigenvalue weighted by Gasteiger charge is 2.26. The topological polar surface area (TPSA) is 90.9 Å². The van der Waals surface area contributed by atoms with Crippen LogP contribution in [0.5, 0.6) is 0 Å². The molecule has 0 amide bonds. The molecular formula is C25H27N7. The summed E-state index contributed by atoms with van der Waals surface area (Å²) in [4.78, 5) is 4.22. The Kier molecular flexibility index (Phi) is 6.31. The minimum Gasteiger partial charge on any atom is -0.393 e. The number of hydrogen-bond acceptors (Lipinski definition) is 6. The van der Waals surface area contributed by atoms with Crippen LogP contribution in [0.3, 0.4) is 0 Å². The number of benzene rings is 2. The fourth-order valence-corrected chi connectivity index (χ4v) is 4.25. The van der Waals surface area contributed by atoms with Gasteiger partial charge >= 0.3 is 0 Å².